The Hall–Kier alpha value is -1.70. The summed E-state index contributed by atoms with van der Waals surface area (Å²) in [7, 11) is 0. The quantitative estimate of drug-likeness (QED) is 0.728. The van der Waals surface area contributed by atoms with Gasteiger partial charge in [0.2, 0.25) is 0 Å². The molecule has 0 unspecified atom stereocenters. The smallest absolute Gasteiger partial charge is 0.173 e. The summed E-state index contributed by atoms with van der Waals surface area (Å²) >= 11 is 0. The van der Waals surface area contributed by atoms with E-state index in [1.54, 1.807) is 0 Å². The fourth-order valence-electron chi connectivity index (χ4n) is 3.08. The molecule has 0 atom stereocenters. The van der Waals surface area contributed by atoms with Gasteiger partial charge >= 0.3 is 0 Å². The van der Waals surface area contributed by atoms with Crippen LogP contribution in [-0.2, 0) is 18.5 Å². The number of rotatable bonds is 2. The van der Waals surface area contributed by atoms with Crippen molar-refractivity contribution in [3.05, 3.63) is 48.0 Å². The SMILES string of the molecule is CC[n+]1ccc2c(c1)C(C)(C)c1c[n+](CC)ccc1-2. The Kier molecular flexibility index (Phi) is 2.70. The lowest BCUT2D eigenvalue weighted by atomic mass is 9.84. The molecule has 0 fully saturated rings. The monoisotopic (exact) mass is 254 g/mol. The molecule has 0 bridgehead atoms. The van der Waals surface area contributed by atoms with Crippen molar-refractivity contribution < 1.29 is 9.13 Å². The predicted octanol–water partition coefficient (Wildman–Crippen LogP) is 2.61. The highest BCUT2D eigenvalue weighted by Crippen LogP contribution is 2.47. The molecule has 0 amide bonds. The Bertz CT molecular complexity index is 586. The molecule has 3 rings (SSSR count). The molecule has 1 aliphatic carbocycles. The molecule has 0 radical (unpaired) electrons. The van der Waals surface area contributed by atoms with Crippen LogP contribution in [0.3, 0.4) is 0 Å². The molecule has 2 aromatic heterocycles. The van der Waals surface area contributed by atoms with E-state index in [2.05, 4.69) is 73.7 Å². The molecule has 19 heavy (non-hydrogen) atoms. The van der Waals surface area contributed by atoms with Gasteiger partial charge in [-0.05, 0) is 25.0 Å². The summed E-state index contributed by atoms with van der Waals surface area (Å²) in [5.41, 5.74) is 5.78. The van der Waals surface area contributed by atoms with E-state index in [-0.39, 0.29) is 5.41 Å². The molecule has 2 heterocycles. The van der Waals surface area contributed by atoms with Crippen LogP contribution < -0.4 is 9.13 Å². The summed E-state index contributed by atoms with van der Waals surface area (Å²) in [4.78, 5) is 0. The first kappa shape index (κ1) is 12.3. The Balaban J connectivity index is 2.26. The lowest BCUT2D eigenvalue weighted by molar-refractivity contribution is -0.694. The maximum atomic E-state index is 2.33. The molecular weight excluding hydrogens is 232 g/mol. The zero-order valence-corrected chi connectivity index (χ0v) is 12.3. The van der Waals surface area contributed by atoms with Crippen LogP contribution in [0.5, 0.6) is 0 Å². The van der Waals surface area contributed by atoms with E-state index in [0.29, 0.717) is 0 Å². The van der Waals surface area contributed by atoms with Crippen LogP contribution in [0.1, 0.15) is 38.8 Å². The van der Waals surface area contributed by atoms with E-state index >= 15 is 0 Å². The highest BCUT2D eigenvalue weighted by atomic mass is 14.9. The largest absolute Gasteiger partial charge is 0.205 e. The number of hydrogen-bond acceptors (Lipinski definition) is 0. The molecule has 0 aliphatic heterocycles. The van der Waals surface area contributed by atoms with Gasteiger partial charge in [-0.15, -0.1) is 0 Å². The minimum Gasteiger partial charge on any atom is -0.205 e. The van der Waals surface area contributed by atoms with Crippen molar-refractivity contribution in [3.63, 3.8) is 0 Å². The maximum absolute atomic E-state index is 2.33. The van der Waals surface area contributed by atoms with Crippen molar-refractivity contribution in [1.82, 2.24) is 0 Å². The number of aromatic nitrogens is 2. The van der Waals surface area contributed by atoms with Crippen molar-refractivity contribution >= 4 is 0 Å². The van der Waals surface area contributed by atoms with Crippen LogP contribution in [0, 0.1) is 0 Å². The zero-order chi connectivity index (χ0) is 13.6. The summed E-state index contributed by atoms with van der Waals surface area (Å²) in [6.45, 7) is 11.1. The molecule has 2 aromatic rings. The highest BCUT2D eigenvalue weighted by Gasteiger charge is 2.39. The van der Waals surface area contributed by atoms with Gasteiger partial charge in [-0.1, -0.05) is 13.8 Å². The van der Waals surface area contributed by atoms with Crippen LogP contribution in [0.2, 0.25) is 0 Å². The van der Waals surface area contributed by atoms with Crippen molar-refractivity contribution in [2.45, 2.75) is 46.2 Å². The molecule has 0 spiro atoms. The van der Waals surface area contributed by atoms with Crippen LogP contribution >= 0.6 is 0 Å². The van der Waals surface area contributed by atoms with Crippen molar-refractivity contribution in [1.29, 1.82) is 0 Å². The third-order valence-corrected chi connectivity index (χ3v) is 4.40. The van der Waals surface area contributed by atoms with E-state index in [0.717, 1.165) is 13.1 Å². The van der Waals surface area contributed by atoms with Crippen molar-refractivity contribution in [2.75, 3.05) is 0 Å². The van der Waals surface area contributed by atoms with Crippen LogP contribution in [-0.4, -0.2) is 0 Å². The van der Waals surface area contributed by atoms with E-state index < -0.39 is 0 Å². The van der Waals surface area contributed by atoms with E-state index in [9.17, 15) is 0 Å². The summed E-state index contributed by atoms with van der Waals surface area (Å²) in [5.74, 6) is 0. The first-order chi connectivity index (χ1) is 9.07. The molecule has 0 saturated heterocycles. The number of aryl methyl sites for hydroxylation is 2. The average Bonchev–Trinajstić information content (AvgIpc) is 2.67. The second-order valence-electron chi connectivity index (χ2n) is 5.83. The number of hydrogen-bond donors (Lipinski definition) is 0. The molecule has 2 nitrogen and oxygen atoms in total. The van der Waals surface area contributed by atoms with Gasteiger partial charge in [0.25, 0.3) is 0 Å². The first-order valence-corrected chi connectivity index (χ1v) is 7.15. The van der Waals surface area contributed by atoms with Crippen LogP contribution in [0.15, 0.2) is 36.9 Å². The van der Waals surface area contributed by atoms with Crippen LogP contribution in [0.25, 0.3) is 11.1 Å². The standard InChI is InChI=1S/C17H22N2/c1-5-18-9-7-13-14-8-10-19(6-2)12-16(14)17(3,4)15(13)11-18/h7-12H,5-6H2,1-4H3/q+2. The Labute approximate surface area is 115 Å². The molecule has 0 aromatic carbocycles. The number of nitrogens with zero attached hydrogens (tertiary/aromatic N) is 2. The topological polar surface area (TPSA) is 7.76 Å². The van der Waals surface area contributed by atoms with Crippen molar-refractivity contribution in [2.24, 2.45) is 0 Å². The third-order valence-electron chi connectivity index (χ3n) is 4.40. The zero-order valence-electron chi connectivity index (χ0n) is 12.3. The predicted molar refractivity (Wildman–Crippen MR) is 75.7 cm³/mol. The third kappa shape index (κ3) is 1.70. The minimum absolute atomic E-state index is 0.0982. The molecule has 2 heteroatoms. The normalized spacial score (nSPS) is 15.2. The van der Waals surface area contributed by atoms with Gasteiger partial charge in [-0.25, -0.2) is 9.13 Å². The van der Waals surface area contributed by atoms with Crippen LogP contribution in [0.4, 0.5) is 0 Å². The number of pyridine rings is 2. The average molecular weight is 254 g/mol. The number of fused-ring (bicyclic) bond motifs is 3. The fourth-order valence-corrected chi connectivity index (χ4v) is 3.08. The fraction of sp³-hybridized carbons (Fsp3) is 0.412. The summed E-state index contributed by atoms with van der Waals surface area (Å²) in [6, 6.07) is 4.53. The lowest BCUT2D eigenvalue weighted by Gasteiger charge is -2.18. The van der Waals surface area contributed by atoms with Gasteiger partial charge in [-0.2, -0.15) is 0 Å². The van der Waals surface area contributed by atoms with E-state index in [1.807, 2.05) is 0 Å². The van der Waals surface area contributed by atoms with Gasteiger partial charge in [0.1, 0.15) is 13.1 Å². The summed E-state index contributed by atoms with van der Waals surface area (Å²) in [5, 5.41) is 0. The van der Waals surface area contributed by atoms with Crippen molar-refractivity contribution in [3.8, 4) is 11.1 Å². The Morgan fingerprint density at radius 1 is 0.842 bits per heavy atom. The second kappa shape index (κ2) is 4.16. The molecule has 1 aliphatic rings. The van der Waals surface area contributed by atoms with Gasteiger partial charge in [0.05, 0.1) is 0 Å². The molecule has 98 valence electrons. The highest BCUT2D eigenvalue weighted by molar-refractivity contribution is 5.78. The second-order valence-corrected chi connectivity index (χ2v) is 5.83. The van der Waals surface area contributed by atoms with Gasteiger partial charge in [-0.3, -0.25) is 0 Å². The lowest BCUT2D eigenvalue weighted by Crippen LogP contribution is -2.35. The van der Waals surface area contributed by atoms with E-state index in [1.165, 1.54) is 22.3 Å². The van der Waals surface area contributed by atoms with E-state index in [4.69, 9.17) is 0 Å². The minimum atomic E-state index is 0.0982. The summed E-state index contributed by atoms with van der Waals surface area (Å²) < 4.78 is 4.53. The van der Waals surface area contributed by atoms with Gasteiger partial charge in [0, 0.05) is 28.7 Å². The Morgan fingerprint density at radius 3 is 1.63 bits per heavy atom. The first-order valence-electron chi connectivity index (χ1n) is 7.15. The van der Waals surface area contributed by atoms with Gasteiger partial charge < -0.3 is 0 Å². The Morgan fingerprint density at radius 2 is 1.26 bits per heavy atom. The molecule has 0 N–H and O–H groups in total. The molecule has 0 saturated carbocycles. The van der Waals surface area contributed by atoms with Gasteiger partial charge in [0.15, 0.2) is 24.8 Å². The summed E-state index contributed by atoms with van der Waals surface area (Å²) in [6.07, 6.45) is 8.99. The molecular formula is C17H22N2+2. The maximum Gasteiger partial charge on any atom is 0.173 e.